The van der Waals surface area contributed by atoms with Gasteiger partial charge in [0.1, 0.15) is 6.07 Å². The molecule has 1 aromatic carbocycles. The van der Waals surface area contributed by atoms with Crippen LogP contribution in [0.3, 0.4) is 0 Å². The smallest absolute Gasteiger partial charge is 0.100 e. The van der Waals surface area contributed by atoms with E-state index in [-0.39, 0.29) is 0 Å². The van der Waals surface area contributed by atoms with Crippen LogP contribution < -0.4 is 5.32 Å². The maximum atomic E-state index is 8.83. The number of anilines is 1. The van der Waals surface area contributed by atoms with Crippen molar-refractivity contribution < 1.29 is 0 Å². The van der Waals surface area contributed by atoms with Gasteiger partial charge in [-0.15, -0.1) is 0 Å². The molecule has 0 aliphatic heterocycles. The first kappa shape index (κ1) is 12.6. The third-order valence-corrected chi connectivity index (χ3v) is 3.18. The third kappa shape index (κ3) is 3.31. The molecule has 1 heterocycles. The second kappa shape index (κ2) is 6.18. The molecule has 0 aliphatic carbocycles. The van der Waals surface area contributed by atoms with Gasteiger partial charge in [0.25, 0.3) is 0 Å². The van der Waals surface area contributed by atoms with Crippen LogP contribution in [0.25, 0.3) is 0 Å². The number of pyridine rings is 1. The van der Waals surface area contributed by atoms with Crippen LogP contribution in [0.1, 0.15) is 11.3 Å². The fourth-order valence-corrected chi connectivity index (χ4v) is 2.06. The molecular formula is C14H12BrN3. The Balaban J connectivity index is 1.91. The van der Waals surface area contributed by atoms with Crippen molar-refractivity contribution in [2.75, 3.05) is 11.9 Å². The minimum atomic E-state index is 0.644. The summed E-state index contributed by atoms with van der Waals surface area (Å²) in [7, 11) is 0. The van der Waals surface area contributed by atoms with Crippen molar-refractivity contribution in [3.8, 4) is 6.07 Å². The number of nitriles is 1. The summed E-state index contributed by atoms with van der Waals surface area (Å²) in [6, 6.07) is 13.6. The van der Waals surface area contributed by atoms with Crippen LogP contribution in [0.15, 0.2) is 47.1 Å². The Hall–Kier alpha value is -1.86. The van der Waals surface area contributed by atoms with Crippen molar-refractivity contribution >= 4 is 21.6 Å². The van der Waals surface area contributed by atoms with Crippen LogP contribution in [0.2, 0.25) is 0 Å². The van der Waals surface area contributed by atoms with Gasteiger partial charge < -0.3 is 5.32 Å². The molecule has 2 aromatic rings. The normalized spacial score (nSPS) is 9.78. The summed E-state index contributed by atoms with van der Waals surface area (Å²) in [5.74, 6) is 0. The van der Waals surface area contributed by atoms with E-state index in [1.807, 2.05) is 30.3 Å². The molecule has 0 saturated heterocycles. The molecule has 0 unspecified atom stereocenters. The molecule has 0 aliphatic rings. The molecule has 2 rings (SSSR count). The quantitative estimate of drug-likeness (QED) is 0.942. The Bertz CT molecular complexity index is 561. The summed E-state index contributed by atoms with van der Waals surface area (Å²) in [6.45, 7) is 0.815. The second-order valence-electron chi connectivity index (χ2n) is 3.80. The number of rotatable bonds is 4. The summed E-state index contributed by atoms with van der Waals surface area (Å²) < 4.78 is 0.813. The van der Waals surface area contributed by atoms with Crippen LogP contribution in [-0.2, 0) is 6.42 Å². The van der Waals surface area contributed by atoms with E-state index >= 15 is 0 Å². The monoisotopic (exact) mass is 301 g/mol. The highest BCUT2D eigenvalue weighted by Crippen LogP contribution is 2.20. The summed E-state index contributed by atoms with van der Waals surface area (Å²) in [5, 5.41) is 12.1. The van der Waals surface area contributed by atoms with Crippen molar-refractivity contribution in [1.29, 1.82) is 5.26 Å². The number of aromatic nitrogens is 1. The van der Waals surface area contributed by atoms with Gasteiger partial charge in [0.15, 0.2) is 0 Å². The van der Waals surface area contributed by atoms with E-state index in [4.69, 9.17) is 5.26 Å². The Kier molecular flexibility index (Phi) is 4.32. The predicted octanol–water partition coefficient (Wildman–Crippen LogP) is 3.37. The Morgan fingerprint density at radius 1 is 1.28 bits per heavy atom. The van der Waals surface area contributed by atoms with Crippen LogP contribution >= 0.6 is 15.9 Å². The minimum absolute atomic E-state index is 0.644. The highest BCUT2D eigenvalue weighted by molar-refractivity contribution is 9.10. The molecule has 18 heavy (non-hydrogen) atoms. The first-order valence-electron chi connectivity index (χ1n) is 5.63. The van der Waals surface area contributed by atoms with E-state index in [2.05, 4.69) is 32.3 Å². The molecule has 0 saturated carbocycles. The number of nitrogens with one attached hydrogen (secondary N) is 1. The van der Waals surface area contributed by atoms with Gasteiger partial charge in [0.05, 0.1) is 5.56 Å². The predicted molar refractivity (Wildman–Crippen MR) is 75.3 cm³/mol. The topological polar surface area (TPSA) is 48.7 Å². The van der Waals surface area contributed by atoms with Crippen LogP contribution in [0.5, 0.6) is 0 Å². The molecule has 0 spiro atoms. The second-order valence-corrected chi connectivity index (χ2v) is 4.66. The lowest BCUT2D eigenvalue weighted by Crippen LogP contribution is -2.05. The van der Waals surface area contributed by atoms with Crippen LogP contribution in [0, 0.1) is 11.3 Å². The lowest BCUT2D eigenvalue weighted by molar-refractivity contribution is 0.961. The van der Waals surface area contributed by atoms with E-state index in [1.54, 1.807) is 12.3 Å². The first-order valence-corrected chi connectivity index (χ1v) is 6.42. The zero-order valence-corrected chi connectivity index (χ0v) is 11.3. The van der Waals surface area contributed by atoms with Crippen molar-refractivity contribution in [2.45, 2.75) is 6.42 Å². The number of hydrogen-bond acceptors (Lipinski definition) is 3. The van der Waals surface area contributed by atoms with Gasteiger partial charge >= 0.3 is 0 Å². The molecule has 3 nitrogen and oxygen atoms in total. The molecule has 4 heteroatoms. The molecule has 0 radical (unpaired) electrons. The SMILES string of the molecule is N#Cc1ccc(NCCc2ccccn2)cc1Br. The lowest BCUT2D eigenvalue weighted by Gasteiger charge is -2.07. The maximum absolute atomic E-state index is 8.83. The number of nitrogens with zero attached hydrogens (tertiary/aromatic N) is 2. The number of halogens is 1. The van der Waals surface area contributed by atoms with Crippen molar-refractivity contribution in [3.05, 3.63) is 58.3 Å². The van der Waals surface area contributed by atoms with Gasteiger partial charge in [-0.05, 0) is 46.3 Å². The van der Waals surface area contributed by atoms with E-state index in [0.29, 0.717) is 5.56 Å². The van der Waals surface area contributed by atoms with Gasteiger partial charge in [0, 0.05) is 35.0 Å². The average molecular weight is 302 g/mol. The molecule has 0 amide bonds. The minimum Gasteiger partial charge on any atom is -0.385 e. The number of benzene rings is 1. The fraction of sp³-hybridized carbons (Fsp3) is 0.143. The zero-order chi connectivity index (χ0) is 12.8. The molecule has 0 fully saturated rings. The van der Waals surface area contributed by atoms with Gasteiger partial charge in [0.2, 0.25) is 0 Å². The van der Waals surface area contributed by atoms with E-state index in [0.717, 1.165) is 28.8 Å². The lowest BCUT2D eigenvalue weighted by atomic mass is 10.2. The molecule has 1 N–H and O–H groups in total. The highest BCUT2D eigenvalue weighted by Gasteiger charge is 2.00. The summed E-state index contributed by atoms with van der Waals surface area (Å²) >= 11 is 3.37. The summed E-state index contributed by atoms with van der Waals surface area (Å²) in [6.07, 6.45) is 2.67. The Labute approximate surface area is 115 Å². The molecular weight excluding hydrogens is 290 g/mol. The largest absolute Gasteiger partial charge is 0.385 e. The van der Waals surface area contributed by atoms with Gasteiger partial charge in [-0.1, -0.05) is 6.07 Å². The Morgan fingerprint density at radius 2 is 2.17 bits per heavy atom. The third-order valence-electron chi connectivity index (χ3n) is 2.53. The van der Waals surface area contributed by atoms with E-state index in [9.17, 15) is 0 Å². The average Bonchev–Trinajstić information content (AvgIpc) is 2.40. The van der Waals surface area contributed by atoms with Crippen LogP contribution in [0.4, 0.5) is 5.69 Å². The zero-order valence-electron chi connectivity index (χ0n) is 9.73. The van der Waals surface area contributed by atoms with Crippen molar-refractivity contribution in [1.82, 2.24) is 4.98 Å². The molecule has 90 valence electrons. The molecule has 0 atom stereocenters. The van der Waals surface area contributed by atoms with Gasteiger partial charge in [-0.3, -0.25) is 4.98 Å². The van der Waals surface area contributed by atoms with Crippen molar-refractivity contribution in [3.63, 3.8) is 0 Å². The molecule has 1 aromatic heterocycles. The summed E-state index contributed by atoms with van der Waals surface area (Å²) in [5.41, 5.74) is 2.71. The summed E-state index contributed by atoms with van der Waals surface area (Å²) in [4.78, 5) is 4.26. The maximum Gasteiger partial charge on any atom is 0.100 e. The standard InChI is InChI=1S/C14H12BrN3/c15-14-9-13(5-4-11(14)10-16)18-8-6-12-3-1-2-7-17-12/h1-5,7,9,18H,6,8H2. The van der Waals surface area contributed by atoms with Gasteiger partial charge in [-0.2, -0.15) is 5.26 Å². The van der Waals surface area contributed by atoms with Gasteiger partial charge in [-0.25, -0.2) is 0 Å². The van der Waals surface area contributed by atoms with E-state index in [1.165, 1.54) is 0 Å². The first-order chi connectivity index (χ1) is 8.79. The van der Waals surface area contributed by atoms with E-state index < -0.39 is 0 Å². The number of hydrogen-bond donors (Lipinski definition) is 1. The highest BCUT2D eigenvalue weighted by atomic mass is 79.9. The Morgan fingerprint density at radius 3 is 2.83 bits per heavy atom. The fourth-order valence-electron chi connectivity index (χ4n) is 1.60. The molecule has 0 bridgehead atoms. The van der Waals surface area contributed by atoms with Crippen molar-refractivity contribution in [2.24, 2.45) is 0 Å². The van der Waals surface area contributed by atoms with Crippen LogP contribution in [-0.4, -0.2) is 11.5 Å².